The second kappa shape index (κ2) is 10.3. The van der Waals surface area contributed by atoms with Gasteiger partial charge in [0.2, 0.25) is 5.95 Å². The van der Waals surface area contributed by atoms with Crippen LogP contribution in [-0.4, -0.2) is 83.3 Å². The number of ether oxygens (including phenoxy) is 2. The van der Waals surface area contributed by atoms with Crippen LogP contribution in [0.4, 0.5) is 23.1 Å². The fraction of sp³-hybridized carbons (Fsp3) is 0.708. The second-order valence-corrected chi connectivity index (χ2v) is 10.1. The van der Waals surface area contributed by atoms with E-state index in [0.29, 0.717) is 30.6 Å². The quantitative estimate of drug-likeness (QED) is 0.567. The molecule has 0 unspecified atom stereocenters. The number of aromatic nitrogens is 4. The molecule has 2 aromatic heterocycles. The van der Waals surface area contributed by atoms with Gasteiger partial charge in [-0.05, 0) is 38.5 Å². The highest BCUT2D eigenvalue weighted by molar-refractivity contribution is 5.72. The average Bonchev–Trinajstić information content (AvgIpc) is 3.52. The summed E-state index contributed by atoms with van der Waals surface area (Å²) >= 11 is 0. The van der Waals surface area contributed by atoms with Gasteiger partial charge in [-0.1, -0.05) is 0 Å². The van der Waals surface area contributed by atoms with Crippen molar-refractivity contribution < 1.29 is 9.47 Å². The molecule has 3 N–H and O–H groups in total. The number of rotatable bonds is 6. The van der Waals surface area contributed by atoms with E-state index < -0.39 is 0 Å². The Kier molecular flexibility index (Phi) is 6.73. The summed E-state index contributed by atoms with van der Waals surface area (Å²) in [6.07, 6.45) is 10.6. The van der Waals surface area contributed by atoms with Crippen molar-refractivity contribution in [3.05, 3.63) is 18.1 Å². The number of morpholine rings is 1. The SMILES string of the molecule is CN1NCc2nc(Nc3cnn(C4CCOCC4)c3)nc(N[C@H]3CC[C@H](N4CCOCC4)CC3)c21. The van der Waals surface area contributed by atoms with E-state index in [-0.39, 0.29) is 0 Å². The molecule has 0 spiro atoms. The average molecular weight is 484 g/mol. The molecule has 5 heterocycles. The molecule has 190 valence electrons. The molecule has 11 nitrogen and oxygen atoms in total. The van der Waals surface area contributed by atoms with Gasteiger partial charge >= 0.3 is 0 Å². The fourth-order valence-electron chi connectivity index (χ4n) is 5.81. The predicted octanol–water partition coefficient (Wildman–Crippen LogP) is 2.28. The van der Waals surface area contributed by atoms with E-state index >= 15 is 0 Å². The standard InChI is InChI=1S/C24H37N9O2/c1-31-22-21(15-25-31)29-24(28-18-14-26-33(16-18)20-6-10-34-11-7-20)30-23(22)27-17-2-4-19(5-3-17)32-8-12-35-13-9-32/h14,16-17,19-20,25H,2-13,15H2,1H3,(H2,27,28,29,30)/t17-,19-. The van der Waals surface area contributed by atoms with Gasteiger partial charge in [0.05, 0.1) is 43.4 Å². The molecule has 35 heavy (non-hydrogen) atoms. The predicted molar refractivity (Wildman–Crippen MR) is 134 cm³/mol. The molecule has 0 atom stereocenters. The molecular weight excluding hydrogens is 446 g/mol. The molecule has 0 bridgehead atoms. The maximum Gasteiger partial charge on any atom is 0.229 e. The Balaban J connectivity index is 1.14. The Hall–Kier alpha value is -2.47. The summed E-state index contributed by atoms with van der Waals surface area (Å²) in [4.78, 5) is 12.3. The van der Waals surface area contributed by atoms with Crippen molar-refractivity contribution in [1.82, 2.24) is 30.1 Å². The topological polar surface area (TPSA) is 105 Å². The van der Waals surface area contributed by atoms with E-state index in [0.717, 1.165) is 88.1 Å². The number of nitrogens with one attached hydrogen (secondary N) is 3. The van der Waals surface area contributed by atoms with E-state index in [2.05, 4.69) is 32.3 Å². The zero-order valence-corrected chi connectivity index (χ0v) is 20.6. The maximum atomic E-state index is 5.53. The number of hydrogen-bond donors (Lipinski definition) is 3. The molecule has 1 saturated carbocycles. The van der Waals surface area contributed by atoms with Crippen molar-refractivity contribution in [2.45, 2.75) is 63.2 Å². The Labute approximate surface area is 206 Å². The van der Waals surface area contributed by atoms with Crippen LogP contribution in [0.2, 0.25) is 0 Å². The first-order chi connectivity index (χ1) is 17.2. The number of hydrogen-bond acceptors (Lipinski definition) is 10. The maximum absolute atomic E-state index is 5.53. The Bertz CT molecular complexity index is 995. The summed E-state index contributed by atoms with van der Waals surface area (Å²) in [5.74, 6) is 1.51. The largest absolute Gasteiger partial charge is 0.381 e. The summed E-state index contributed by atoms with van der Waals surface area (Å²) in [5, 5.41) is 13.8. The fourth-order valence-corrected chi connectivity index (χ4v) is 5.81. The van der Waals surface area contributed by atoms with E-state index in [1.807, 2.05) is 22.9 Å². The first-order valence-corrected chi connectivity index (χ1v) is 13.1. The van der Waals surface area contributed by atoms with Crippen molar-refractivity contribution >= 4 is 23.1 Å². The van der Waals surface area contributed by atoms with Crippen LogP contribution in [0.5, 0.6) is 0 Å². The van der Waals surface area contributed by atoms with Gasteiger partial charge in [-0.3, -0.25) is 9.58 Å². The molecule has 0 radical (unpaired) electrons. The van der Waals surface area contributed by atoms with E-state index in [4.69, 9.17) is 19.4 Å². The first kappa shape index (κ1) is 23.0. The molecule has 3 fully saturated rings. The molecule has 4 aliphatic rings. The minimum absolute atomic E-state index is 0.392. The number of hydrazine groups is 1. The van der Waals surface area contributed by atoms with Crippen LogP contribution < -0.4 is 21.1 Å². The summed E-state index contributed by atoms with van der Waals surface area (Å²) in [5.41, 5.74) is 6.33. The van der Waals surface area contributed by atoms with E-state index in [9.17, 15) is 0 Å². The monoisotopic (exact) mass is 483 g/mol. The third-order valence-electron chi connectivity index (χ3n) is 7.80. The Morgan fingerprint density at radius 2 is 1.71 bits per heavy atom. The molecule has 11 heteroatoms. The minimum Gasteiger partial charge on any atom is -0.381 e. The summed E-state index contributed by atoms with van der Waals surface area (Å²) in [6.45, 7) is 6.17. The third-order valence-corrected chi connectivity index (χ3v) is 7.80. The minimum atomic E-state index is 0.392. The number of anilines is 4. The van der Waals surface area contributed by atoms with Gasteiger partial charge in [0, 0.05) is 51.6 Å². The molecule has 2 aromatic rings. The molecule has 1 aliphatic carbocycles. The van der Waals surface area contributed by atoms with Gasteiger partial charge in [-0.25, -0.2) is 10.4 Å². The zero-order chi connectivity index (χ0) is 23.6. The smallest absolute Gasteiger partial charge is 0.229 e. The van der Waals surface area contributed by atoms with Crippen LogP contribution in [0.25, 0.3) is 0 Å². The van der Waals surface area contributed by atoms with Crippen molar-refractivity contribution in [2.24, 2.45) is 0 Å². The van der Waals surface area contributed by atoms with Crippen molar-refractivity contribution in [1.29, 1.82) is 0 Å². The third kappa shape index (κ3) is 5.09. The molecular formula is C24H37N9O2. The first-order valence-electron chi connectivity index (χ1n) is 13.1. The molecule has 6 rings (SSSR count). The van der Waals surface area contributed by atoms with Crippen molar-refractivity contribution in [2.75, 3.05) is 62.2 Å². The molecule has 3 aliphatic heterocycles. The van der Waals surface area contributed by atoms with Crippen LogP contribution in [-0.2, 0) is 16.0 Å². The highest BCUT2D eigenvalue weighted by atomic mass is 16.5. The van der Waals surface area contributed by atoms with Crippen LogP contribution in [0.3, 0.4) is 0 Å². The van der Waals surface area contributed by atoms with Crippen LogP contribution in [0, 0.1) is 0 Å². The molecule has 0 aromatic carbocycles. The van der Waals surface area contributed by atoms with E-state index in [1.165, 1.54) is 12.8 Å². The highest BCUT2D eigenvalue weighted by Gasteiger charge is 2.30. The van der Waals surface area contributed by atoms with Gasteiger partial charge in [-0.2, -0.15) is 10.1 Å². The lowest BCUT2D eigenvalue weighted by molar-refractivity contribution is 0.00791. The summed E-state index contributed by atoms with van der Waals surface area (Å²) < 4.78 is 13.1. The highest BCUT2D eigenvalue weighted by Crippen LogP contribution is 2.34. The zero-order valence-electron chi connectivity index (χ0n) is 20.6. The summed E-state index contributed by atoms with van der Waals surface area (Å²) in [6, 6.07) is 1.49. The molecule has 0 amide bonds. The lowest BCUT2D eigenvalue weighted by Crippen LogP contribution is -2.46. The second-order valence-electron chi connectivity index (χ2n) is 10.1. The lowest BCUT2D eigenvalue weighted by atomic mass is 9.90. The van der Waals surface area contributed by atoms with Gasteiger partial charge < -0.3 is 25.1 Å². The number of nitrogens with zero attached hydrogens (tertiary/aromatic N) is 6. The van der Waals surface area contributed by atoms with Crippen molar-refractivity contribution in [3.63, 3.8) is 0 Å². The van der Waals surface area contributed by atoms with Crippen LogP contribution in [0.1, 0.15) is 50.3 Å². The molecule has 2 saturated heterocycles. The Morgan fingerprint density at radius 3 is 2.51 bits per heavy atom. The van der Waals surface area contributed by atoms with Gasteiger partial charge in [0.1, 0.15) is 5.69 Å². The lowest BCUT2D eigenvalue weighted by Gasteiger charge is -2.39. The normalized spacial score (nSPS) is 26.0. The number of fused-ring (bicyclic) bond motifs is 1. The van der Waals surface area contributed by atoms with Gasteiger partial charge in [0.25, 0.3) is 0 Å². The summed E-state index contributed by atoms with van der Waals surface area (Å²) in [7, 11) is 2.03. The van der Waals surface area contributed by atoms with Crippen LogP contribution in [0.15, 0.2) is 12.4 Å². The van der Waals surface area contributed by atoms with Crippen LogP contribution >= 0.6 is 0 Å². The van der Waals surface area contributed by atoms with E-state index in [1.54, 1.807) is 0 Å². The van der Waals surface area contributed by atoms with Crippen molar-refractivity contribution in [3.8, 4) is 0 Å². The van der Waals surface area contributed by atoms with Gasteiger partial charge in [-0.15, -0.1) is 0 Å². The Morgan fingerprint density at radius 1 is 0.943 bits per heavy atom. The van der Waals surface area contributed by atoms with Gasteiger partial charge in [0.15, 0.2) is 5.82 Å².